The summed E-state index contributed by atoms with van der Waals surface area (Å²) in [5.74, 6) is -0.609. The van der Waals surface area contributed by atoms with E-state index in [0.717, 1.165) is 30.8 Å². The molecule has 1 aliphatic carbocycles. The van der Waals surface area contributed by atoms with Crippen LogP contribution in [0.3, 0.4) is 0 Å². The summed E-state index contributed by atoms with van der Waals surface area (Å²) >= 11 is 0.959. The molecule has 1 aliphatic rings. The lowest BCUT2D eigenvalue weighted by Crippen LogP contribution is -2.16. The molecule has 2 aromatic heterocycles. The van der Waals surface area contributed by atoms with E-state index in [4.69, 9.17) is 5.73 Å². The van der Waals surface area contributed by atoms with Gasteiger partial charge in [0.25, 0.3) is 0 Å². The maximum absolute atomic E-state index is 13.5. The summed E-state index contributed by atoms with van der Waals surface area (Å²) in [6.07, 6.45) is 2.86. The Hall–Kier alpha value is -1.90. The molecule has 0 aliphatic heterocycles. The monoisotopic (exact) mass is 268 g/mol. The highest BCUT2D eigenvalue weighted by Crippen LogP contribution is 2.37. The summed E-state index contributed by atoms with van der Waals surface area (Å²) in [6, 6.07) is 0.154. The number of rotatable bonds is 3. The number of nitrogens with two attached hydrogens (primary N) is 1. The fourth-order valence-corrected chi connectivity index (χ4v) is 2.42. The molecule has 2 heterocycles. The van der Waals surface area contributed by atoms with Gasteiger partial charge in [0, 0.05) is 6.04 Å². The molecule has 0 aromatic carbocycles. The Balaban J connectivity index is 1.97. The molecular formula is C9H9FN6OS. The van der Waals surface area contributed by atoms with Crippen molar-refractivity contribution in [2.24, 2.45) is 0 Å². The first-order valence-corrected chi connectivity index (χ1v) is 6.09. The molecule has 1 fully saturated rings. The number of hydrogen-bond donors (Lipinski definition) is 2. The number of aromatic nitrogens is 5. The van der Waals surface area contributed by atoms with Gasteiger partial charge >= 0.3 is 5.69 Å². The number of nitrogen functional groups attached to an aromatic ring is 1. The molecule has 3 N–H and O–H groups in total. The Kier molecular flexibility index (Phi) is 2.54. The van der Waals surface area contributed by atoms with E-state index >= 15 is 0 Å². The van der Waals surface area contributed by atoms with Crippen LogP contribution in [0.15, 0.2) is 21.2 Å². The molecule has 0 unspecified atom stereocenters. The standard InChI is InChI=1S/C9H9FN6OS/c10-5-3-12-7(11)13-6(5)18-9-15-14-8(17)16(9)4-1-2-4/h3-4H,1-2H2,(H,14,17)(H2,11,12,13). The first-order chi connectivity index (χ1) is 8.65. The smallest absolute Gasteiger partial charge is 0.344 e. The van der Waals surface area contributed by atoms with Gasteiger partial charge in [0.1, 0.15) is 5.03 Å². The van der Waals surface area contributed by atoms with Crippen LogP contribution in [0.1, 0.15) is 18.9 Å². The molecule has 0 bridgehead atoms. The van der Waals surface area contributed by atoms with Gasteiger partial charge in [-0.2, -0.15) is 0 Å². The van der Waals surface area contributed by atoms with Crippen molar-refractivity contribution in [2.75, 3.05) is 5.73 Å². The summed E-state index contributed by atoms with van der Waals surface area (Å²) in [4.78, 5) is 18.9. The molecule has 0 atom stereocenters. The lowest BCUT2D eigenvalue weighted by atomic mass is 10.6. The summed E-state index contributed by atoms with van der Waals surface area (Å²) in [5, 5.41) is 6.66. The Labute approximate surface area is 105 Å². The van der Waals surface area contributed by atoms with Crippen molar-refractivity contribution in [1.29, 1.82) is 0 Å². The Bertz CT molecular complexity index is 649. The van der Waals surface area contributed by atoms with Crippen LogP contribution in [-0.4, -0.2) is 24.7 Å². The second-order valence-electron chi connectivity index (χ2n) is 3.90. The third-order valence-electron chi connectivity index (χ3n) is 2.50. The van der Waals surface area contributed by atoms with Crippen molar-refractivity contribution in [3.05, 3.63) is 22.5 Å². The van der Waals surface area contributed by atoms with E-state index < -0.39 is 5.82 Å². The van der Waals surface area contributed by atoms with Crippen molar-refractivity contribution in [1.82, 2.24) is 24.7 Å². The van der Waals surface area contributed by atoms with Crippen LogP contribution in [0.5, 0.6) is 0 Å². The zero-order valence-electron chi connectivity index (χ0n) is 9.13. The minimum absolute atomic E-state index is 0.0187. The number of nitrogens with one attached hydrogen (secondary N) is 1. The molecule has 0 radical (unpaired) electrons. The van der Waals surface area contributed by atoms with E-state index in [1.165, 1.54) is 4.57 Å². The van der Waals surface area contributed by atoms with Gasteiger partial charge in [-0.05, 0) is 24.6 Å². The fourth-order valence-electron chi connectivity index (χ4n) is 1.54. The number of aromatic amines is 1. The minimum atomic E-state index is -0.591. The number of anilines is 1. The SMILES string of the molecule is Nc1ncc(F)c(Sc2n[nH]c(=O)n2C2CC2)n1. The molecule has 3 rings (SSSR count). The molecule has 9 heteroatoms. The molecule has 0 spiro atoms. The molecule has 94 valence electrons. The van der Waals surface area contributed by atoms with E-state index in [1.807, 2.05) is 0 Å². The normalized spacial score (nSPS) is 14.9. The summed E-state index contributed by atoms with van der Waals surface area (Å²) < 4.78 is 15.0. The van der Waals surface area contributed by atoms with E-state index in [2.05, 4.69) is 20.2 Å². The first-order valence-electron chi connectivity index (χ1n) is 5.28. The molecule has 7 nitrogen and oxygen atoms in total. The highest BCUT2D eigenvalue weighted by Gasteiger charge is 2.29. The largest absolute Gasteiger partial charge is 0.368 e. The van der Waals surface area contributed by atoms with Crippen molar-refractivity contribution in [3.8, 4) is 0 Å². The third kappa shape index (κ3) is 1.96. The number of halogens is 1. The molecule has 0 saturated heterocycles. The van der Waals surface area contributed by atoms with Crippen molar-refractivity contribution < 1.29 is 4.39 Å². The number of nitrogens with zero attached hydrogens (tertiary/aromatic N) is 4. The van der Waals surface area contributed by atoms with Gasteiger partial charge in [-0.15, -0.1) is 5.10 Å². The fraction of sp³-hybridized carbons (Fsp3) is 0.333. The van der Waals surface area contributed by atoms with Crippen molar-refractivity contribution in [3.63, 3.8) is 0 Å². The van der Waals surface area contributed by atoms with E-state index in [0.29, 0.717) is 5.16 Å². The highest BCUT2D eigenvalue weighted by molar-refractivity contribution is 7.99. The van der Waals surface area contributed by atoms with Crippen LogP contribution < -0.4 is 11.4 Å². The van der Waals surface area contributed by atoms with Gasteiger partial charge in [-0.3, -0.25) is 4.57 Å². The van der Waals surface area contributed by atoms with E-state index in [1.54, 1.807) is 0 Å². The summed E-state index contributed by atoms with van der Waals surface area (Å²) in [5.41, 5.74) is 5.11. The second kappa shape index (κ2) is 4.09. The predicted octanol–water partition coefficient (Wildman–Crippen LogP) is 0.569. The van der Waals surface area contributed by atoms with Gasteiger partial charge in [0.15, 0.2) is 11.0 Å². The van der Waals surface area contributed by atoms with Crippen LogP contribution in [0, 0.1) is 5.82 Å². The molecule has 18 heavy (non-hydrogen) atoms. The van der Waals surface area contributed by atoms with Crippen LogP contribution >= 0.6 is 11.8 Å². The number of H-pyrrole nitrogens is 1. The summed E-state index contributed by atoms with van der Waals surface area (Å²) in [7, 11) is 0. The van der Waals surface area contributed by atoms with Crippen molar-refractivity contribution >= 4 is 17.7 Å². The number of hydrogen-bond acceptors (Lipinski definition) is 6. The average molecular weight is 268 g/mol. The lowest BCUT2D eigenvalue weighted by molar-refractivity contribution is 0.578. The zero-order valence-corrected chi connectivity index (χ0v) is 9.95. The van der Waals surface area contributed by atoms with Gasteiger partial charge < -0.3 is 5.73 Å². The minimum Gasteiger partial charge on any atom is -0.368 e. The van der Waals surface area contributed by atoms with Crippen LogP contribution in [-0.2, 0) is 0 Å². The Morgan fingerprint density at radius 3 is 3.06 bits per heavy atom. The van der Waals surface area contributed by atoms with Crippen LogP contribution in [0.4, 0.5) is 10.3 Å². The second-order valence-corrected chi connectivity index (χ2v) is 4.85. The molecule has 1 saturated carbocycles. The Morgan fingerprint density at radius 2 is 2.33 bits per heavy atom. The van der Waals surface area contributed by atoms with Crippen LogP contribution in [0.2, 0.25) is 0 Å². The maximum atomic E-state index is 13.5. The Morgan fingerprint density at radius 1 is 1.56 bits per heavy atom. The first kappa shape index (κ1) is 11.2. The average Bonchev–Trinajstić information content (AvgIpc) is 3.10. The van der Waals surface area contributed by atoms with E-state index in [-0.39, 0.29) is 22.7 Å². The third-order valence-corrected chi connectivity index (χ3v) is 3.45. The topological polar surface area (TPSA) is 102 Å². The van der Waals surface area contributed by atoms with Gasteiger partial charge in [0.05, 0.1) is 6.20 Å². The van der Waals surface area contributed by atoms with Gasteiger partial charge in [-0.1, -0.05) is 0 Å². The lowest BCUT2D eigenvalue weighted by Gasteiger charge is -2.03. The molecule has 2 aromatic rings. The van der Waals surface area contributed by atoms with Gasteiger partial charge in [0.2, 0.25) is 5.95 Å². The van der Waals surface area contributed by atoms with Gasteiger partial charge in [-0.25, -0.2) is 24.3 Å². The highest BCUT2D eigenvalue weighted by atomic mass is 32.2. The van der Waals surface area contributed by atoms with Crippen LogP contribution in [0.25, 0.3) is 0 Å². The van der Waals surface area contributed by atoms with E-state index in [9.17, 15) is 9.18 Å². The quantitative estimate of drug-likeness (QED) is 0.789. The zero-order chi connectivity index (χ0) is 12.7. The maximum Gasteiger partial charge on any atom is 0.344 e. The predicted molar refractivity (Wildman–Crippen MR) is 61.6 cm³/mol. The molecular weight excluding hydrogens is 259 g/mol. The summed E-state index contributed by atoms with van der Waals surface area (Å²) in [6.45, 7) is 0. The van der Waals surface area contributed by atoms with Crippen molar-refractivity contribution in [2.45, 2.75) is 29.1 Å². The molecule has 0 amide bonds.